The molecule has 0 saturated carbocycles. The number of amides is 1. The highest BCUT2D eigenvalue weighted by molar-refractivity contribution is 7.99. The third-order valence-corrected chi connectivity index (χ3v) is 6.73. The Kier molecular flexibility index (Phi) is 5.25. The van der Waals surface area contributed by atoms with Crippen molar-refractivity contribution in [2.24, 2.45) is 0 Å². The molecule has 1 aliphatic heterocycles. The Balaban J connectivity index is 2.13. The quantitative estimate of drug-likeness (QED) is 0.631. The monoisotopic (exact) mass is 377 g/mol. The van der Waals surface area contributed by atoms with E-state index >= 15 is 0 Å². The fourth-order valence-corrected chi connectivity index (χ4v) is 5.29. The topological polar surface area (TPSA) is 139 Å². The molecule has 0 spiro atoms. The molecule has 1 saturated heterocycles. The largest absolute Gasteiger partial charge is 0.479 e. The van der Waals surface area contributed by atoms with Crippen molar-refractivity contribution in [2.75, 3.05) is 11.5 Å². The van der Waals surface area contributed by atoms with Crippen LogP contribution in [0.2, 0.25) is 0 Å². The maximum atomic E-state index is 12.4. The van der Waals surface area contributed by atoms with Crippen molar-refractivity contribution >= 4 is 33.7 Å². The molecule has 134 valence electrons. The molecule has 1 aromatic heterocycles. The van der Waals surface area contributed by atoms with Crippen LogP contribution in [0.1, 0.15) is 24.8 Å². The van der Waals surface area contributed by atoms with E-state index in [0.29, 0.717) is 12.2 Å². The molecule has 1 fully saturated rings. The van der Waals surface area contributed by atoms with Crippen LogP contribution in [0.25, 0.3) is 0 Å². The lowest BCUT2D eigenvalue weighted by Crippen LogP contribution is -2.59. The normalized spacial score (nSPS) is 22.3. The molecule has 2 atom stereocenters. The van der Waals surface area contributed by atoms with Crippen LogP contribution in [-0.2, 0) is 19.6 Å². The number of hydrogen-bond acceptors (Lipinski definition) is 7. The van der Waals surface area contributed by atoms with Gasteiger partial charge in [0, 0.05) is 5.75 Å². The number of nitrogens with one attached hydrogen (secondary N) is 2. The highest BCUT2D eigenvalue weighted by Crippen LogP contribution is 2.28. The first-order valence-corrected chi connectivity index (χ1v) is 9.81. The standard InChI is InChI=1S/C13H19N3O6S2/c1-7-10(9(3)22-15-7)24(20,21)16-8(2)11(17)14-13(12(18)19)4-5-23-6-13/h8,16H,4-6H2,1-3H3,(H,14,17)(H,18,19). The number of sulfonamides is 1. The van der Waals surface area contributed by atoms with Crippen LogP contribution in [-0.4, -0.2) is 53.6 Å². The first kappa shape index (κ1) is 18.7. The molecule has 1 aromatic rings. The molecule has 11 heteroatoms. The van der Waals surface area contributed by atoms with E-state index in [2.05, 4.69) is 15.2 Å². The van der Waals surface area contributed by atoms with E-state index < -0.39 is 33.5 Å². The Morgan fingerprint density at radius 1 is 1.42 bits per heavy atom. The average molecular weight is 377 g/mol. The van der Waals surface area contributed by atoms with Crippen LogP contribution in [0.3, 0.4) is 0 Å². The van der Waals surface area contributed by atoms with E-state index in [1.807, 2.05) is 0 Å². The van der Waals surface area contributed by atoms with Gasteiger partial charge >= 0.3 is 5.97 Å². The van der Waals surface area contributed by atoms with Crippen LogP contribution in [0.5, 0.6) is 0 Å². The number of carbonyl (C=O) groups is 2. The summed E-state index contributed by atoms with van der Waals surface area (Å²) >= 11 is 1.42. The number of nitrogens with zero attached hydrogens (tertiary/aromatic N) is 1. The van der Waals surface area contributed by atoms with Crippen LogP contribution in [0, 0.1) is 13.8 Å². The summed E-state index contributed by atoms with van der Waals surface area (Å²) in [7, 11) is -4.02. The molecule has 3 N–H and O–H groups in total. The zero-order chi connectivity index (χ0) is 18.1. The van der Waals surface area contributed by atoms with Gasteiger partial charge in [-0.2, -0.15) is 16.5 Å². The molecular weight excluding hydrogens is 358 g/mol. The van der Waals surface area contributed by atoms with Crippen molar-refractivity contribution in [2.45, 2.75) is 43.7 Å². The molecular formula is C13H19N3O6S2. The fraction of sp³-hybridized carbons (Fsp3) is 0.615. The van der Waals surface area contributed by atoms with Crippen molar-refractivity contribution in [3.05, 3.63) is 11.5 Å². The lowest BCUT2D eigenvalue weighted by Gasteiger charge is -2.26. The number of aromatic nitrogens is 1. The first-order chi connectivity index (χ1) is 11.1. The number of aliphatic carboxylic acids is 1. The van der Waals surface area contributed by atoms with E-state index in [0.717, 1.165) is 0 Å². The van der Waals surface area contributed by atoms with Gasteiger partial charge < -0.3 is 14.9 Å². The number of rotatable bonds is 6. The van der Waals surface area contributed by atoms with Gasteiger partial charge in [-0.3, -0.25) is 4.79 Å². The predicted molar refractivity (Wildman–Crippen MR) is 86.2 cm³/mol. The van der Waals surface area contributed by atoms with Crippen LogP contribution in [0.4, 0.5) is 0 Å². The molecule has 1 aliphatic rings. The van der Waals surface area contributed by atoms with Crippen molar-refractivity contribution in [3.63, 3.8) is 0 Å². The van der Waals surface area contributed by atoms with Gasteiger partial charge in [-0.15, -0.1) is 0 Å². The van der Waals surface area contributed by atoms with Gasteiger partial charge in [0.25, 0.3) is 0 Å². The van der Waals surface area contributed by atoms with Crippen molar-refractivity contribution < 1.29 is 27.6 Å². The molecule has 2 rings (SSSR count). The second-order valence-electron chi connectivity index (χ2n) is 5.68. The van der Waals surface area contributed by atoms with Crippen molar-refractivity contribution in [3.8, 4) is 0 Å². The minimum Gasteiger partial charge on any atom is -0.479 e. The molecule has 2 unspecified atom stereocenters. The van der Waals surface area contributed by atoms with E-state index in [1.54, 1.807) is 0 Å². The van der Waals surface area contributed by atoms with E-state index in [9.17, 15) is 23.1 Å². The molecule has 1 amide bonds. The highest BCUT2D eigenvalue weighted by Gasteiger charge is 2.44. The van der Waals surface area contributed by atoms with Crippen LogP contribution in [0.15, 0.2) is 9.42 Å². The molecule has 24 heavy (non-hydrogen) atoms. The van der Waals surface area contributed by atoms with Gasteiger partial charge in [-0.1, -0.05) is 5.16 Å². The summed E-state index contributed by atoms with van der Waals surface area (Å²) in [5.74, 6) is -0.845. The number of carbonyl (C=O) groups excluding carboxylic acids is 1. The van der Waals surface area contributed by atoms with Gasteiger partial charge in [0.15, 0.2) is 5.76 Å². The average Bonchev–Trinajstić information content (AvgIpc) is 3.06. The van der Waals surface area contributed by atoms with Crippen molar-refractivity contribution in [1.82, 2.24) is 15.2 Å². The Hall–Kier alpha value is -1.59. The summed E-state index contributed by atoms with van der Waals surface area (Å²) in [6, 6.07) is -1.15. The zero-order valence-corrected chi connectivity index (χ0v) is 15.1. The summed E-state index contributed by atoms with van der Waals surface area (Å²) in [6.45, 7) is 4.28. The van der Waals surface area contributed by atoms with Gasteiger partial charge in [0.05, 0.1) is 6.04 Å². The van der Waals surface area contributed by atoms with Gasteiger partial charge in [-0.25, -0.2) is 13.2 Å². The maximum absolute atomic E-state index is 12.4. The number of hydrogen-bond donors (Lipinski definition) is 3. The van der Waals surface area contributed by atoms with Crippen LogP contribution >= 0.6 is 11.8 Å². The minimum atomic E-state index is -4.02. The molecule has 2 heterocycles. The highest BCUT2D eigenvalue weighted by atomic mass is 32.2. The molecule has 0 aromatic carbocycles. The van der Waals surface area contributed by atoms with Crippen LogP contribution < -0.4 is 10.0 Å². The minimum absolute atomic E-state index is 0.113. The van der Waals surface area contributed by atoms with E-state index in [1.165, 1.54) is 32.5 Å². The van der Waals surface area contributed by atoms with E-state index in [4.69, 9.17) is 4.52 Å². The molecule has 9 nitrogen and oxygen atoms in total. The summed E-state index contributed by atoms with van der Waals surface area (Å²) in [5, 5.41) is 15.4. The lowest BCUT2D eigenvalue weighted by atomic mass is 9.99. The summed E-state index contributed by atoms with van der Waals surface area (Å²) in [6.07, 6.45) is 0.294. The molecule has 0 radical (unpaired) electrons. The van der Waals surface area contributed by atoms with Gasteiger partial charge in [0.2, 0.25) is 15.9 Å². The Morgan fingerprint density at radius 3 is 2.54 bits per heavy atom. The second-order valence-corrected chi connectivity index (χ2v) is 8.43. The number of aryl methyl sites for hydroxylation is 2. The smallest absolute Gasteiger partial charge is 0.330 e. The summed E-state index contributed by atoms with van der Waals surface area (Å²) in [4.78, 5) is 23.6. The van der Waals surface area contributed by atoms with Gasteiger partial charge in [-0.05, 0) is 32.9 Å². The zero-order valence-electron chi connectivity index (χ0n) is 13.5. The Labute approximate surface area is 143 Å². The third-order valence-electron chi connectivity index (χ3n) is 3.76. The Morgan fingerprint density at radius 2 is 2.08 bits per heavy atom. The lowest BCUT2D eigenvalue weighted by molar-refractivity contribution is -0.146. The second kappa shape index (κ2) is 6.73. The molecule has 0 bridgehead atoms. The SMILES string of the molecule is Cc1noc(C)c1S(=O)(=O)NC(C)C(=O)NC1(C(=O)O)CCSC1. The fourth-order valence-electron chi connectivity index (χ4n) is 2.43. The summed E-state index contributed by atoms with van der Waals surface area (Å²) in [5.41, 5.74) is -1.17. The maximum Gasteiger partial charge on any atom is 0.330 e. The van der Waals surface area contributed by atoms with E-state index in [-0.39, 0.29) is 22.1 Å². The molecule has 0 aliphatic carbocycles. The third kappa shape index (κ3) is 3.57. The Bertz CT molecular complexity index is 732. The van der Waals surface area contributed by atoms with Gasteiger partial charge in [0.1, 0.15) is 16.1 Å². The predicted octanol–water partition coefficient (Wildman–Crippen LogP) is 0.0347. The van der Waals surface area contributed by atoms with Crippen molar-refractivity contribution in [1.29, 1.82) is 0 Å². The summed E-state index contributed by atoms with van der Waals surface area (Å²) < 4.78 is 31.8. The first-order valence-electron chi connectivity index (χ1n) is 7.17. The number of carboxylic acid groups (broad SMARTS) is 1. The number of carboxylic acids is 1. The number of thioether (sulfide) groups is 1.